The van der Waals surface area contributed by atoms with Crippen molar-refractivity contribution >= 4 is 40.7 Å². The molecule has 2 aromatic rings. The highest BCUT2D eigenvalue weighted by Gasteiger charge is 2.33. The number of nitrogens with zero attached hydrogens (tertiary/aromatic N) is 3. The van der Waals surface area contributed by atoms with E-state index in [0.29, 0.717) is 33.9 Å². The SMILES string of the molecule is CCN(CC(=O)Nc1c(Cl)cccc1Cl)C(=O)c1cc(C2CC2)n(C(C)(C)C)n1. The first kappa shape index (κ1) is 21.7. The predicted molar refractivity (Wildman–Crippen MR) is 116 cm³/mol. The summed E-state index contributed by atoms with van der Waals surface area (Å²) in [6, 6.07) is 6.86. The average Bonchev–Trinajstić information content (AvgIpc) is 3.39. The fourth-order valence-corrected chi connectivity index (χ4v) is 3.66. The van der Waals surface area contributed by atoms with E-state index in [-0.39, 0.29) is 23.9 Å². The van der Waals surface area contributed by atoms with E-state index in [4.69, 9.17) is 23.2 Å². The first-order valence-corrected chi connectivity index (χ1v) is 10.5. The normalized spacial score (nSPS) is 14.0. The van der Waals surface area contributed by atoms with Crippen molar-refractivity contribution in [2.45, 2.75) is 52.0 Å². The Morgan fingerprint density at radius 1 is 1.24 bits per heavy atom. The molecule has 156 valence electrons. The van der Waals surface area contributed by atoms with Gasteiger partial charge in [-0.05, 0) is 58.7 Å². The minimum atomic E-state index is -0.368. The summed E-state index contributed by atoms with van der Waals surface area (Å²) in [5.41, 5.74) is 1.58. The largest absolute Gasteiger partial charge is 0.328 e. The Kier molecular flexibility index (Phi) is 6.24. The zero-order chi connectivity index (χ0) is 21.3. The van der Waals surface area contributed by atoms with Crippen LogP contribution in [0.5, 0.6) is 0 Å². The number of hydrogen-bond donors (Lipinski definition) is 1. The lowest BCUT2D eigenvalue weighted by atomic mass is 10.1. The van der Waals surface area contributed by atoms with Gasteiger partial charge >= 0.3 is 0 Å². The third-order valence-corrected chi connectivity index (χ3v) is 5.45. The molecule has 1 aliphatic rings. The van der Waals surface area contributed by atoms with Crippen LogP contribution < -0.4 is 5.32 Å². The number of likely N-dealkylation sites (N-methyl/N-ethyl adjacent to an activating group) is 1. The van der Waals surface area contributed by atoms with E-state index in [1.54, 1.807) is 18.2 Å². The number of anilines is 1. The Morgan fingerprint density at radius 2 is 1.86 bits per heavy atom. The number of hydrogen-bond acceptors (Lipinski definition) is 3. The Bertz CT molecular complexity index is 909. The van der Waals surface area contributed by atoms with Crippen molar-refractivity contribution in [2.75, 3.05) is 18.4 Å². The van der Waals surface area contributed by atoms with Crippen molar-refractivity contribution < 1.29 is 9.59 Å². The first-order chi connectivity index (χ1) is 13.6. The van der Waals surface area contributed by atoms with Gasteiger partial charge in [0.25, 0.3) is 5.91 Å². The zero-order valence-corrected chi connectivity index (χ0v) is 18.6. The molecule has 0 atom stereocenters. The molecule has 2 amide bonds. The molecule has 1 fully saturated rings. The van der Waals surface area contributed by atoms with E-state index >= 15 is 0 Å². The molecule has 8 heteroatoms. The lowest BCUT2D eigenvalue weighted by Crippen LogP contribution is -2.38. The molecule has 3 rings (SSSR count). The molecule has 0 unspecified atom stereocenters. The fourth-order valence-electron chi connectivity index (χ4n) is 3.17. The average molecular weight is 437 g/mol. The molecule has 1 saturated carbocycles. The lowest BCUT2D eigenvalue weighted by Gasteiger charge is -2.22. The Labute approximate surface area is 181 Å². The van der Waals surface area contributed by atoms with Crippen LogP contribution >= 0.6 is 23.2 Å². The molecule has 1 aromatic heterocycles. The van der Waals surface area contributed by atoms with Gasteiger partial charge in [0.15, 0.2) is 5.69 Å². The van der Waals surface area contributed by atoms with E-state index in [9.17, 15) is 9.59 Å². The lowest BCUT2D eigenvalue weighted by molar-refractivity contribution is -0.116. The minimum Gasteiger partial charge on any atom is -0.328 e. The van der Waals surface area contributed by atoms with E-state index in [1.165, 1.54) is 4.90 Å². The molecule has 0 radical (unpaired) electrons. The zero-order valence-electron chi connectivity index (χ0n) is 17.1. The molecule has 0 spiro atoms. The number of amides is 2. The van der Waals surface area contributed by atoms with Gasteiger partial charge in [-0.1, -0.05) is 29.3 Å². The third kappa shape index (κ3) is 4.93. The second-order valence-electron chi connectivity index (χ2n) is 8.28. The Morgan fingerprint density at radius 3 is 2.38 bits per heavy atom. The maximum absolute atomic E-state index is 13.1. The summed E-state index contributed by atoms with van der Waals surface area (Å²) >= 11 is 12.2. The molecule has 1 aliphatic carbocycles. The van der Waals surface area contributed by atoms with E-state index in [0.717, 1.165) is 18.5 Å². The monoisotopic (exact) mass is 436 g/mol. The number of aromatic nitrogens is 2. The summed E-state index contributed by atoms with van der Waals surface area (Å²) in [6.45, 7) is 8.30. The molecule has 0 bridgehead atoms. The van der Waals surface area contributed by atoms with Crippen LogP contribution in [-0.4, -0.2) is 39.6 Å². The summed E-state index contributed by atoms with van der Waals surface area (Å²) in [5, 5.41) is 7.97. The van der Waals surface area contributed by atoms with Crippen LogP contribution in [0.3, 0.4) is 0 Å². The van der Waals surface area contributed by atoms with Gasteiger partial charge in [-0.25, -0.2) is 0 Å². The highest BCUT2D eigenvalue weighted by Crippen LogP contribution is 2.41. The van der Waals surface area contributed by atoms with Crippen molar-refractivity contribution in [3.05, 3.63) is 45.7 Å². The van der Waals surface area contributed by atoms with Crippen molar-refractivity contribution in [3.63, 3.8) is 0 Å². The molecular weight excluding hydrogens is 411 g/mol. The second kappa shape index (κ2) is 8.36. The third-order valence-electron chi connectivity index (χ3n) is 4.82. The van der Waals surface area contributed by atoms with Gasteiger partial charge < -0.3 is 10.2 Å². The highest BCUT2D eigenvalue weighted by molar-refractivity contribution is 6.39. The first-order valence-electron chi connectivity index (χ1n) is 9.75. The molecule has 1 aromatic carbocycles. The van der Waals surface area contributed by atoms with Crippen LogP contribution in [0.25, 0.3) is 0 Å². The molecule has 1 N–H and O–H groups in total. The number of benzene rings is 1. The summed E-state index contributed by atoms with van der Waals surface area (Å²) in [7, 11) is 0. The van der Waals surface area contributed by atoms with Gasteiger partial charge in [-0.15, -0.1) is 0 Å². The van der Waals surface area contributed by atoms with Gasteiger partial charge in [0, 0.05) is 18.2 Å². The van der Waals surface area contributed by atoms with Crippen LogP contribution in [0.1, 0.15) is 62.6 Å². The van der Waals surface area contributed by atoms with E-state index in [1.807, 2.05) is 17.7 Å². The van der Waals surface area contributed by atoms with Crippen LogP contribution in [0.4, 0.5) is 5.69 Å². The van der Waals surface area contributed by atoms with Gasteiger partial charge in [-0.3, -0.25) is 14.3 Å². The van der Waals surface area contributed by atoms with Gasteiger partial charge in [0.2, 0.25) is 5.91 Å². The second-order valence-corrected chi connectivity index (χ2v) is 9.09. The van der Waals surface area contributed by atoms with Crippen LogP contribution in [0.15, 0.2) is 24.3 Å². The molecule has 0 saturated heterocycles. The highest BCUT2D eigenvalue weighted by atomic mass is 35.5. The Hall–Kier alpha value is -2.05. The van der Waals surface area contributed by atoms with E-state index < -0.39 is 0 Å². The van der Waals surface area contributed by atoms with Gasteiger partial charge in [-0.2, -0.15) is 5.10 Å². The summed E-state index contributed by atoms with van der Waals surface area (Å²) in [4.78, 5) is 27.0. The summed E-state index contributed by atoms with van der Waals surface area (Å²) in [6.07, 6.45) is 2.24. The fraction of sp³-hybridized carbons (Fsp3) is 0.476. The quantitative estimate of drug-likeness (QED) is 0.698. The van der Waals surface area contributed by atoms with Crippen LogP contribution in [-0.2, 0) is 10.3 Å². The Balaban J connectivity index is 1.76. The molecule has 1 heterocycles. The summed E-state index contributed by atoms with van der Waals surface area (Å²) < 4.78 is 1.94. The molecule has 29 heavy (non-hydrogen) atoms. The number of nitrogens with one attached hydrogen (secondary N) is 1. The number of halogens is 2. The standard InChI is InChI=1S/C21H26Cl2N4O2/c1-5-26(12-18(28)24-19-14(22)7-6-8-15(19)23)20(29)16-11-17(13-9-10-13)27(25-16)21(2,3)4/h6-8,11,13H,5,9-10,12H2,1-4H3,(H,24,28). The number of carbonyl (C=O) groups excluding carboxylic acids is 2. The van der Waals surface area contributed by atoms with Crippen molar-refractivity contribution in [3.8, 4) is 0 Å². The number of carbonyl (C=O) groups is 2. The van der Waals surface area contributed by atoms with Crippen molar-refractivity contribution in [1.82, 2.24) is 14.7 Å². The maximum Gasteiger partial charge on any atom is 0.274 e. The number of rotatable bonds is 6. The van der Waals surface area contributed by atoms with Crippen LogP contribution in [0, 0.1) is 0 Å². The van der Waals surface area contributed by atoms with Gasteiger partial charge in [0.05, 0.1) is 21.3 Å². The van der Waals surface area contributed by atoms with Crippen molar-refractivity contribution in [2.24, 2.45) is 0 Å². The maximum atomic E-state index is 13.1. The van der Waals surface area contributed by atoms with Crippen LogP contribution in [0.2, 0.25) is 10.0 Å². The topological polar surface area (TPSA) is 67.2 Å². The molecule has 6 nitrogen and oxygen atoms in total. The minimum absolute atomic E-state index is 0.113. The smallest absolute Gasteiger partial charge is 0.274 e. The molecular formula is C21H26Cl2N4O2. The molecule has 0 aliphatic heterocycles. The summed E-state index contributed by atoms with van der Waals surface area (Å²) in [5.74, 6) is -0.172. The predicted octanol–water partition coefficient (Wildman–Crippen LogP) is 4.92. The number of para-hydroxylation sites is 1. The van der Waals surface area contributed by atoms with E-state index in [2.05, 4.69) is 31.2 Å². The van der Waals surface area contributed by atoms with Gasteiger partial charge in [0.1, 0.15) is 6.54 Å². The van der Waals surface area contributed by atoms with Crippen molar-refractivity contribution in [1.29, 1.82) is 0 Å².